The first-order chi connectivity index (χ1) is 11.2. The Bertz CT molecular complexity index is 786. The van der Waals surface area contributed by atoms with Gasteiger partial charge in [-0.1, -0.05) is 18.2 Å². The normalized spacial score (nSPS) is 20.1. The summed E-state index contributed by atoms with van der Waals surface area (Å²) in [6, 6.07) is 10.1. The number of hydrogen-bond donors (Lipinski definition) is 0. The van der Waals surface area contributed by atoms with E-state index in [2.05, 4.69) is 11.2 Å². The first-order valence-electron chi connectivity index (χ1n) is 7.68. The van der Waals surface area contributed by atoms with Gasteiger partial charge in [0.15, 0.2) is 0 Å². The van der Waals surface area contributed by atoms with E-state index in [9.17, 15) is 4.79 Å². The van der Waals surface area contributed by atoms with Gasteiger partial charge < -0.3 is 9.64 Å². The number of para-hydroxylation sites is 1. The lowest BCUT2D eigenvalue weighted by molar-refractivity contribution is -0.143. The zero-order valence-electron chi connectivity index (χ0n) is 12.6. The summed E-state index contributed by atoms with van der Waals surface area (Å²) >= 11 is 0. The number of hydrogen-bond acceptors (Lipinski definition) is 4. The van der Waals surface area contributed by atoms with E-state index in [4.69, 9.17) is 10.00 Å². The molecule has 0 radical (unpaired) electrons. The molecule has 1 aromatic carbocycles. The molecule has 0 bridgehead atoms. The van der Waals surface area contributed by atoms with Crippen LogP contribution in [0.2, 0.25) is 0 Å². The highest BCUT2D eigenvalue weighted by Crippen LogP contribution is 2.30. The van der Waals surface area contributed by atoms with Crippen molar-refractivity contribution in [3.05, 3.63) is 47.8 Å². The molecule has 0 saturated carbocycles. The van der Waals surface area contributed by atoms with Gasteiger partial charge in [-0.2, -0.15) is 10.4 Å². The predicted octanol–water partition coefficient (Wildman–Crippen LogP) is 1.39. The summed E-state index contributed by atoms with van der Waals surface area (Å²) in [5.41, 5.74) is 1.65. The monoisotopic (exact) mass is 308 g/mol. The van der Waals surface area contributed by atoms with Gasteiger partial charge in [-0.25, -0.2) is 0 Å². The number of ether oxygens (including phenoxy) is 1. The topological polar surface area (TPSA) is 71.2 Å². The summed E-state index contributed by atoms with van der Waals surface area (Å²) in [6.45, 7) is 1.73. The van der Waals surface area contributed by atoms with Crippen molar-refractivity contribution in [2.75, 3.05) is 19.7 Å². The minimum absolute atomic E-state index is 0.113. The maximum absolute atomic E-state index is 12.6. The highest BCUT2D eigenvalue weighted by Gasteiger charge is 2.37. The molecule has 6 heteroatoms. The minimum atomic E-state index is -0.113. The van der Waals surface area contributed by atoms with Crippen LogP contribution in [-0.2, 0) is 11.2 Å². The van der Waals surface area contributed by atoms with Gasteiger partial charge in [0.1, 0.15) is 18.4 Å². The molecule has 116 valence electrons. The average Bonchev–Trinajstić information content (AvgIpc) is 3.01. The molecule has 0 spiro atoms. The first kappa shape index (κ1) is 13.8. The standard InChI is InChI=1S/C17H16N4O2/c18-6-12-7-19-21(8-12)15-9-20(10-15)17(22)14-5-13-3-1-2-4-16(13)23-11-14/h1-4,7-8,14-15H,5,9-11H2. The molecular weight excluding hydrogens is 292 g/mol. The Morgan fingerprint density at radius 2 is 2.17 bits per heavy atom. The van der Waals surface area contributed by atoms with Crippen molar-refractivity contribution in [3.8, 4) is 11.8 Å². The van der Waals surface area contributed by atoms with Crippen molar-refractivity contribution in [3.63, 3.8) is 0 Å². The SMILES string of the molecule is N#Cc1cnn(C2CN(C(=O)C3COc4ccccc4C3)C2)c1. The zero-order chi connectivity index (χ0) is 15.8. The molecule has 2 aliphatic heterocycles. The van der Waals surface area contributed by atoms with Crippen molar-refractivity contribution in [1.82, 2.24) is 14.7 Å². The van der Waals surface area contributed by atoms with E-state index in [-0.39, 0.29) is 17.9 Å². The van der Waals surface area contributed by atoms with Crippen LogP contribution in [-0.4, -0.2) is 40.3 Å². The fraction of sp³-hybridized carbons (Fsp3) is 0.353. The van der Waals surface area contributed by atoms with Gasteiger partial charge in [0, 0.05) is 19.3 Å². The van der Waals surface area contributed by atoms with Gasteiger partial charge >= 0.3 is 0 Å². The number of carbonyl (C=O) groups is 1. The van der Waals surface area contributed by atoms with Crippen molar-refractivity contribution in [1.29, 1.82) is 5.26 Å². The molecule has 0 aliphatic carbocycles. The molecule has 2 aliphatic rings. The quantitative estimate of drug-likeness (QED) is 0.840. The minimum Gasteiger partial charge on any atom is -0.492 e. The molecule has 4 rings (SSSR count). The molecule has 1 amide bonds. The van der Waals surface area contributed by atoms with Crippen molar-refractivity contribution < 1.29 is 9.53 Å². The van der Waals surface area contributed by atoms with Gasteiger partial charge in [0.2, 0.25) is 5.91 Å². The molecular formula is C17H16N4O2. The molecule has 1 fully saturated rings. The molecule has 1 saturated heterocycles. The van der Waals surface area contributed by atoms with Crippen LogP contribution in [0.3, 0.4) is 0 Å². The highest BCUT2D eigenvalue weighted by molar-refractivity contribution is 5.80. The number of fused-ring (bicyclic) bond motifs is 1. The molecule has 0 N–H and O–H groups in total. The number of amides is 1. The van der Waals surface area contributed by atoms with Gasteiger partial charge in [-0.05, 0) is 18.1 Å². The van der Waals surface area contributed by atoms with Crippen LogP contribution in [0.25, 0.3) is 0 Å². The lowest BCUT2D eigenvalue weighted by Gasteiger charge is -2.41. The number of nitriles is 1. The second kappa shape index (κ2) is 5.43. The van der Waals surface area contributed by atoms with Crippen LogP contribution < -0.4 is 4.74 Å². The summed E-state index contributed by atoms with van der Waals surface area (Å²) in [4.78, 5) is 14.4. The van der Waals surface area contributed by atoms with Gasteiger partial charge in [-0.3, -0.25) is 9.48 Å². The van der Waals surface area contributed by atoms with E-state index in [1.165, 1.54) is 0 Å². The first-order valence-corrected chi connectivity index (χ1v) is 7.68. The molecule has 2 aromatic rings. The van der Waals surface area contributed by atoms with E-state index in [1.54, 1.807) is 17.1 Å². The molecule has 1 atom stereocenters. The number of nitrogens with zero attached hydrogens (tertiary/aromatic N) is 4. The van der Waals surface area contributed by atoms with Gasteiger partial charge in [0.05, 0.1) is 23.7 Å². The maximum Gasteiger partial charge on any atom is 0.229 e. The predicted molar refractivity (Wildman–Crippen MR) is 81.7 cm³/mol. The largest absolute Gasteiger partial charge is 0.492 e. The average molecular weight is 308 g/mol. The highest BCUT2D eigenvalue weighted by atomic mass is 16.5. The Kier molecular flexibility index (Phi) is 3.27. The lowest BCUT2D eigenvalue weighted by atomic mass is 9.94. The summed E-state index contributed by atoms with van der Waals surface area (Å²) in [5, 5.41) is 13.0. The number of benzene rings is 1. The van der Waals surface area contributed by atoms with Crippen molar-refractivity contribution in [2.45, 2.75) is 12.5 Å². The van der Waals surface area contributed by atoms with Crippen LogP contribution in [0.5, 0.6) is 5.75 Å². The molecule has 23 heavy (non-hydrogen) atoms. The number of rotatable bonds is 2. The van der Waals surface area contributed by atoms with E-state index in [0.717, 1.165) is 17.7 Å². The summed E-state index contributed by atoms with van der Waals surface area (Å²) in [6.07, 6.45) is 4.01. The molecule has 3 heterocycles. The third kappa shape index (κ3) is 2.44. The fourth-order valence-corrected chi connectivity index (χ4v) is 3.14. The fourth-order valence-electron chi connectivity index (χ4n) is 3.14. The summed E-state index contributed by atoms with van der Waals surface area (Å²) < 4.78 is 7.48. The van der Waals surface area contributed by atoms with E-state index in [1.807, 2.05) is 29.2 Å². The third-order valence-electron chi connectivity index (χ3n) is 4.51. The number of carbonyl (C=O) groups excluding carboxylic acids is 1. The van der Waals surface area contributed by atoms with Gasteiger partial charge in [0.25, 0.3) is 0 Å². The molecule has 1 aromatic heterocycles. The zero-order valence-corrected chi connectivity index (χ0v) is 12.6. The number of likely N-dealkylation sites (tertiary alicyclic amines) is 1. The maximum atomic E-state index is 12.6. The Balaban J connectivity index is 1.38. The number of aromatic nitrogens is 2. The van der Waals surface area contributed by atoms with Gasteiger partial charge in [-0.15, -0.1) is 0 Å². The molecule has 6 nitrogen and oxygen atoms in total. The second-order valence-electron chi connectivity index (χ2n) is 6.04. The van der Waals surface area contributed by atoms with Crippen LogP contribution >= 0.6 is 0 Å². The Labute approximate surface area is 133 Å². The molecule has 1 unspecified atom stereocenters. The van der Waals surface area contributed by atoms with Crippen LogP contribution in [0.1, 0.15) is 17.2 Å². The summed E-state index contributed by atoms with van der Waals surface area (Å²) in [5.74, 6) is 0.917. The lowest BCUT2D eigenvalue weighted by Crippen LogP contribution is -2.54. The van der Waals surface area contributed by atoms with Crippen molar-refractivity contribution >= 4 is 5.91 Å². The van der Waals surface area contributed by atoms with Crippen molar-refractivity contribution in [2.24, 2.45) is 5.92 Å². The van der Waals surface area contributed by atoms with Crippen LogP contribution in [0.4, 0.5) is 0 Å². The Morgan fingerprint density at radius 1 is 1.35 bits per heavy atom. The van der Waals surface area contributed by atoms with E-state index >= 15 is 0 Å². The Hall–Kier alpha value is -2.81. The third-order valence-corrected chi connectivity index (χ3v) is 4.51. The van der Waals surface area contributed by atoms with E-state index in [0.29, 0.717) is 25.3 Å². The van der Waals surface area contributed by atoms with E-state index < -0.39 is 0 Å². The second-order valence-corrected chi connectivity index (χ2v) is 6.04. The summed E-state index contributed by atoms with van der Waals surface area (Å²) in [7, 11) is 0. The van der Waals surface area contributed by atoms with Crippen LogP contribution in [0, 0.1) is 17.2 Å². The smallest absolute Gasteiger partial charge is 0.229 e. The van der Waals surface area contributed by atoms with Crippen LogP contribution in [0.15, 0.2) is 36.7 Å². The Morgan fingerprint density at radius 3 is 2.96 bits per heavy atom.